The van der Waals surface area contributed by atoms with Crippen molar-refractivity contribution >= 4 is 21.8 Å². The predicted octanol–water partition coefficient (Wildman–Crippen LogP) is 6.10. The summed E-state index contributed by atoms with van der Waals surface area (Å²) in [7, 11) is 0. The van der Waals surface area contributed by atoms with Gasteiger partial charge in [0.25, 0.3) is 0 Å². The lowest BCUT2D eigenvalue weighted by atomic mass is 9.89. The lowest BCUT2D eigenvalue weighted by molar-refractivity contribution is -0.481. The van der Waals surface area contributed by atoms with Gasteiger partial charge in [-0.2, -0.15) is 0 Å². The van der Waals surface area contributed by atoms with Crippen LogP contribution in [0.15, 0.2) is 85.1 Å². The summed E-state index contributed by atoms with van der Waals surface area (Å²) >= 11 is 0. The van der Waals surface area contributed by atoms with Crippen LogP contribution in [0.25, 0.3) is 33.1 Å². The average molecular weight is 407 g/mol. The second-order valence-electron chi connectivity index (χ2n) is 7.82. The summed E-state index contributed by atoms with van der Waals surface area (Å²) < 4.78 is 0. The van der Waals surface area contributed by atoms with Crippen molar-refractivity contribution < 1.29 is 4.92 Å². The van der Waals surface area contributed by atoms with E-state index >= 15 is 0 Å². The van der Waals surface area contributed by atoms with Crippen LogP contribution in [0.4, 0.5) is 0 Å². The summed E-state index contributed by atoms with van der Waals surface area (Å²) in [6.45, 7) is 1.90. The zero-order chi connectivity index (χ0) is 21.4. The Morgan fingerprint density at radius 2 is 1.74 bits per heavy atom. The van der Waals surface area contributed by atoms with Crippen molar-refractivity contribution in [1.82, 2.24) is 9.97 Å². The number of benzene rings is 3. The summed E-state index contributed by atoms with van der Waals surface area (Å²) in [4.78, 5) is 19.4. The Hall–Kier alpha value is -3.99. The first-order valence-electron chi connectivity index (χ1n) is 10.2. The predicted molar refractivity (Wildman–Crippen MR) is 124 cm³/mol. The van der Waals surface area contributed by atoms with Gasteiger partial charge in [0.1, 0.15) is 0 Å². The highest BCUT2D eigenvalue weighted by molar-refractivity contribution is 5.87. The lowest BCUT2D eigenvalue weighted by Gasteiger charge is -2.15. The molecular weight excluding hydrogens is 386 g/mol. The third-order valence-corrected chi connectivity index (χ3v) is 5.84. The zero-order valence-corrected chi connectivity index (χ0v) is 17.1. The third kappa shape index (κ3) is 3.55. The molecule has 0 aliphatic carbocycles. The maximum atomic E-state index is 11.5. The molecule has 0 radical (unpaired) electrons. The van der Waals surface area contributed by atoms with Crippen LogP contribution in [-0.4, -0.2) is 21.4 Å². The number of para-hydroxylation sites is 1. The van der Waals surface area contributed by atoms with E-state index in [1.165, 1.54) is 0 Å². The molecule has 5 aromatic rings. The van der Waals surface area contributed by atoms with Gasteiger partial charge in [-0.1, -0.05) is 54.6 Å². The fraction of sp³-hybridized carbons (Fsp3) is 0.115. The zero-order valence-electron chi connectivity index (χ0n) is 17.1. The molecule has 0 aliphatic heterocycles. The molecule has 0 spiro atoms. The lowest BCUT2D eigenvalue weighted by Crippen LogP contribution is -2.13. The van der Waals surface area contributed by atoms with Gasteiger partial charge in [-0.25, -0.2) is 4.98 Å². The molecule has 0 aliphatic rings. The molecule has 1 atom stereocenters. The molecule has 2 heterocycles. The van der Waals surface area contributed by atoms with Gasteiger partial charge in [0.15, 0.2) is 0 Å². The Bertz CT molecular complexity index is 1410. The molecule has 0 unspecified atom stereocenters. The van der Waals surface area contributed by atoms with E-state index in [1.54, 1.807) is 0 Å². The highest BCUT2D eigenvalue weighted by Crippen LogP contribution is 2.33. The first-order chi connectivity index (χ1) is 15.1. The van der Waals surface area contributed by atoms with Gasteiger partial charge in [-0.05, 0) is 47.9 Å². The number of H-pyrrole nitrogens is 1. The fourth-order valence-electron chi connectivity index (χ4n) is 4.30. The van der Waals surface area contributed by atoms with E-state index in [0.717, 1.165) is 49.8 Å². The second-order valence-corrected chi connectivity index (χ2v) is 7.82. The number of aromatic amines is 1. The van der Waals surface area contributed by atoms with Crippen molar-refractivity contribution in [1.29, 1.82) is 0 Å². The first kappa shape index (κ1) is 19.0. The summed E-state index contributed by atoms with van der Waals surface area (Å²) in [5.41, 5.74) is 6.84. The van der Waals surface area contributed by atoms with Crippen LogP contribution in [0, 0.1) is 17.0 Å². The van der Waals surface area contributed by atoms with Crippen LogP contribution in [0.1, 0.15) is 22.6 Å². The maximum absolute atomic E-state index is 11.5. The van der Waals surface area contributed by atoms with Crippen molar-refractivity contribution in [3.63, 3.8) is 0 Å². The Labute approximate surface area is 179 Å². The van der Waals surface area contributed by atoms with Crippen LogP contribution >= 0.6 is 0 Å². The number of aryl methyl sites for hydroxylation is 1. The van der Waals surface area contributed by atoms with Gasteiger partial charge in [0.05, 0.1) is 17.1 Å². The Morgan fingerprint density at radius 1 is 0.968 bits per heavy atom. The molecule has 0 amide bonds. The number of pyridine rings is 1. The van der Waals surface area contributed by atoms with Gasteiger partial charge in [0, 0.05) is 33.0 Å². The minimum atomic E-state index is -0.344. The number of nitrogens with zero attached hydrogens (tertiary/aromatic N) is 2. The van der Waals surface area contributed by atoms with Gasteiger partial charge < -0.3 is 4.98 Å². The molecule has 31 heavy (non-hydrogen) atoms. The minimum Gasteiger partial charge on any atom is -0.361 e. The Morgan fingerprint density at radius 3 is 2.55 bits per heavy atom. The van der Waals surface area contributed by atoms with Crippen molar-refractivity contribution in [2.45, 2.75) is 12.8 Å². The van der Waals surface area contributed by atoms with Gasteiger partial charge in [-0.3, -0.25) is 10.1 Å². The summed E-state index contributed by atoms with van der Waals surface area (Å²) in [6, 6.07) is 26.1. The van der Waals surface area contributed by atoms with E-state index in [4.69, 9.17) is 4.98 Å². The summed E-state index contributed by atoms with van der Waals surface area (Å²) in [6.07, 6.45) is 1.90. The second kappa shape index (κ2) is 7.69. The van der Waals surface area contributed by atoms with Gasteiger partial charge >= 0.3 is 0 Å². The molecular formula is C26H21N3O2. The molecule has 5 nitrogen and oxygen atoms in total. The van der Waals surface area contributed by atoms with Crippen LogP contribution in [0.3, 0.4) is 0 Å². The monoisotopic (exact) mass is 407 g/mol. The topological polar surface area (TPSA) is 71.8 Å². The van der Waals surface area contributed by atoms with E-state index in [0.29, 0.717) is 0 Å². The highest BCUT2D eigenvalue weighted by atomic mass is 16.6. The van der Waals surface area contributed by atoms with E-state index < -0.39 is 0 Å². The molecule has 2 aromatic heterocycles. The van der Waals surface area contributed by atoms with E-state index in [9.17, 15) is 10.1 Å². The first-order valence-corrected chi connectivity index (χ1v) is 10.2. The number of fused-ring (bicyclic) bond motifs is 2. The van der Waals surface area contributed by atoms with E-state index in [2.05, 4.69) is 24.0 Å². The van der Waals surface area contributed by atoms with Crippen molar-refractivity contribution in [3.8, 4) is 11.3 Å². The number of rotatable bonds is 5. The smallest absolute Gasteiger partial charge is 0.214 e. The molecule has 152 valence electrons. The SMILES string of the molecule is Cc1cc(-c2ccccc2)nc2ccc([C@H](C[N+](=O)[O-])c3c[nH]c4ccccc34)cc12. The largest absolute Gasteiger partial charge is 0.361 e. The number of hydrogen-bond donors (Lipinski definition) is 1. The van der Waals surface area contributed by atoms with Crippen LogP contribution < -0.4 is 0 Å². The molecule has 0 saturated carbocycles. The van der Waals surface area contributed by atoms with E-state index in [1.807, 2.05) is 72.9 Å². The quantitative estimate of drug-likeness (QED) is 0.283. The van der Waals surface area contributed by atoms with Crippen molar-refractivity contribution in [3.05, 3.63) is 112 Å². The fourth-order valence-corrected chi connectivity index (χ4v) is 4.30. The highest BCUT2D eigenvalue weighted by Gasteiger charge is 2.24. The number of hydrogen-bond acceptors (Lipinski definition) is 3. The van der Waals surface area contributed by atoms with Crippen LogP contribution in [-0.2, 0) is 0 Å². The number of aromatic nitrogens is 2. The molecule has 0 bridgehead atoms. The average Bonchev–Trinajstić information content (AvgIpc) is 3.22. The maximum Gasteiger partial charge on any atom is 0.214 e. The summed E-state index contributed by atoms with van der Waals surface area (Å²) in [5.74, 6) is -0.344. The molecule has 5 rings (SSSR count). The Balaban J connectivity index is 1.63. The minimum absolute atomic E-state index is 0.165. The summed E-state index contributed by atoms with van der Waals surface area (Å²) in [5, 5.41) is 13.6. The molecule has 3 aromatic carbocycles. The number of nitrogens with one attached hydrogen (secondary N) is 1. The normalized spacial score (nSPS) is 12.3. The van der Waals surface area contributed by atoms with Crippen molar-refractivity contribution in [2.75, 3.05) is 6.54 Å². The third-order valence-electron chi connectivity index (χ3n) is 5.84. The van der Waals surface area contributed by atoms with E-state index in [-0.39, 0.29) is 17.4 Å². The molecule has 5 heteroatoms. The number of nitro groups is 1. The molecule has 1 N–H and O–H groups in total. The molecule has 0 fully saturated rings. The molecule has 0 saturated heterocycles. The van der Waals surface area contributed by atoms with Crippen molar-refractivity contribution in [2.24, 2.45) is 0 Å². The standard InChI is InChI=1S/C26H21N3O2/c1-17-13-26(18-7-3-2-4-8-18)28-25-12-11-19(14-21(17)25)23(16-29(30)31)22-15-27-24-10-6-5-9-20(22)24/h2-15,23,27H,16H2,1H3/t23-/m0/s1. The van der Waals surface area contributed by atoms with Gasteiger partial charge in [0.2, 0.25) is 6.54 Å². The Kier molecular flexibility index (Phi) is 4.71. The van der Waals surface area contributed by atoms with Crippen LogP contribution in [0.2, 0.25) is 0 Å². The van der Waals surface area contributed by atoms with Gasteiger partial charge in [-0.15, -0.1) is 0 Å². The van der Waals surface area contributed by atoms with Crippen LogP contribution in [0.5, 0.6) is 0 Å².